The number of rotatable bonds is 3. The molecule has 8 heteroatoms. The van der Waals surface area contributed by atoms with Crippen molar-refractivity contribution in [3.63, 3.8) is 0 Å². The minimum Gasteiger partial charge on any atom is -0.392 e. The molecule has 1 saturated heterocycles. The molecular weight excluding hydrogens is 374 g/mol. The van der Waals surface area contributed by atoms with E-state index < -0.39 is 0 Å². The molecule has 146 valence electrons. The van der Waals surface area contributed by atoms with Gasteiger partial charge in [-0.1, -0.05) is 0 Å². The third-order valence-electron chi connectivity index (χ3n) is 5.58. The average molecular weight is 398 g/mol. The third-order valence-corrected chi connectivity index (χ3v) is 6.39. The molecule has 0 saturated carbocycles. The molecule has 4 heterocycles. The van der Waals surface area contributed by atoms with Crippen LogP contribution in [0.5, 0.6) is 0 Å². The van der Waals surface area contributed by atoms with Crippen molar-refractivity contribution in [2.24, 2.45) is 0 Å². The highest BCUT2D eigenvalue weighted by Crippen LogP contribution is 2.22. The number of thiazole rings is 1. The lowest BCUT2D eigenvalue weighted by Gasteiger charge is -2.29. The van der Waals surface area contributed by atoms with E-state index in [2.05, 4.69) is 16.0 Å². The van der Waals surface area contributed by atoms with Gasteiger partial charge in [-0.15, -0.1) is 11.3 Å². The maximum absolute atomic E-state index is 13.0. The highest BCUT2D eigenvalue weighted by atomic mass is 32.1. The first-order chi connectivity index (χ1) is 13.7. The standard InChI is InChI=1S/C20H23N5O2S/c26-17-2-1-5-23(12-17)10-15-9-16-11-24(6-7-25(16)22-15)20(27)14-3-4-19-18(8-14)21-13-28-19/h3-4,8-9,13,17,26H,1-2,5-7,10-12H2/t17-/m0/s1. The van der Waals surface area contributed by atoms with Crippen LogP contribution >= 0.6 is 11.3 Å². The Morgan fingerprint density at radius 1 is 1.25 bits per heavy atom. The summed E-state index contributed by atoms with van der Waals surface area (Å²) in [4.78, 5) is 21.4. The molecule has 5 rings (SSSR count). The Kier molecular flexibility index (Phi) is 4.62. The fourth-order valence-corrected chi connectivity index (χ4v) is 4.81. The van der Waals surface area contributed by atoms with Gasteiger partial charge in [-0.3, -0.25) is 14.4 Å². The molecule has 28 heavy (non-hydrogen) atoms. The molecule has 1 amide bonds. The molecule has 2 aromatic heterocycles. The summed E-state index contributed by atoms with van der Waals surface area (Å²) in [6.45, 7) is 4.41. The lowest BCUT2D eigenvalue weighted by Crippen LogP contribution is -2.38. The predicted molar refractivity (Wildman–Crippen MR) is 107 cm³/mol. The number of benzene rings is 1. The molecule has 1 atom stereocenters. The van der Waals surface area contributed by atoms with E-state index in [0.29, 0.717) is 31.7 Å². The van der Waals surface area contributed by atoms with E-state index in [0.717, 1.165) is 47.5 Å². The van der Waals surface area contributed by atoms with Gasteiger partial charge in [0.2, 0.25) is 0 Å². The summed E-state index contributed by atoms with van der Waals surface area (Å²) in [5, 5.41) is 14.6. The number of hydrogen-bond acceptors (Lipinski definition) is 6. The van der Waals surface area contributed by atoms with Crippen molar-refractivity contribution in [2.75, 3.05) is 19.6 Å². The minimum atomic E-state index is -0.228. The van der Waals surface area contributed by atoms with Gasteiger partial charge in [0.05, 0.1) is 46.3 Å². The smallest absolute Gasteiger partial charge is 0.254 e. The number of piperidine rings is 1. The zero-order chi connectivity index (χ0) is 19.1. The maximum Gasteiger partial charge on any atom is 0.254 e. The molecule has 7 nitrogen and oxygen atoms in total. The predicted octanol–water partition coefficient (Wildman–Crippen LogP) is 2.11. The van der Waals surface area contributed by atoms with Crippen LogP contribution in [0.1, 0.15) is 34.6 Å². The number of likely N-dealkylation sites (tertiary alicyclic amines) is 1. The molecule has 2 aliphatic heterocycles. The fraction of sp³-hybridized carbons (Fsp3) is 0.450. The van der Waals surface area contributed by atoms with Gasteiger partial charge >= 0.3 is 0 Å². The molecule has 3 aromatic rings. The van der Waals surface area contributed by atoms with Crippen LogP contribution in [0.4, 0.5) is 0 Å². The topological polar surface area (TPSA) is 74.5 Å². The van der Waals surface area contributed by atoms with Gasteiger partial charge in [-0.2, -0.15) is 5.10 Å². The number of hydrogen-bond donors (Lipinski definition) is 1. The molecule has 0 radical (unpaired) electrons. The summed E-state index contributed by atoms with van der Waals surface area (Å²) < 4.78 is 3.11. The zero-order valence-corrected chi connectivity index (χ0v) is 16.4. The highest BCUT2D eigenvalue weighted by molar-refractivity contribution is 7.16. The van der Waals surface area contributed by atoms with Crippen LogP contribution in [-0.2, 0) is 19.6 Å². The largest absolute Gasteiger partial charge is 0.392 e. The van der Waals surface area contributed by atoms with Crippen LogP contribution in [-0.4, -0.2) is 61.3 Å². The molecule has 0 unspecified atom stereocenters. The van der Waals surface area contributed by atoms with E-state index in [1.54, 1.807) is 16.8 Å². The quantitative estimate of drug-likeness (QED) is 0.733. The highest BCUT2D eigenvalue weighted by Gasteiger charge is 2.25. The summed E-state index contributed by atoms with van der Waals surface area (Å²) in [5.41, 5.74) is 5.46. The lowest BCUT2D eigenvalue weighted by atomic mass is 10.1. The number of fused-ring (bicyclic) bond motifs is 2. The average Bonchev–Trinajstić information content (AvgIpc) is 3.32. The summed E-state index contributed by atoms with van der Waals surface area (Å²) in [6.07, 6.45) is 1.69. The molecule has 1 fully saturated rings. The Balaban J connectivity index is 1.29. The van der Waals surface area contributed by atoms with Gasteiger partial charge in [0.1, 0.15) is 0 Å². The second-order valence-corrected chi connectivity index (χ2v) is 8.53. The number of nitrogens with zero attached hydrogens (tertiary/aromatic N) is 5. The van der Waals surface area contributed by atoms with Crippen LogP contribution in [0.15, 0.2) is 29.8 Å². The van der Waals surface area contributed by atoms with E-state index in [1.165, 1.54) is 0 Å². The Morgan fingerprint density at radius 2 is 2.18 bits per heavy atom. The zero-order valence-electron chi connectivity index (χ0n) is 15.6. The first-order valence-corrected chi connectivity index (χ1v) is 10.6. The van der Waals surface area contributed by atoms with Crippen molar-refractivity contribution in [3.05, 3.63) is 46.7 Å². The van der Waals surface area contributed by atoms with E-state index in [9.17, 15) is 9.90 Å². The summed E-state index contributed by atoms with van der Waals surface area (Å²) in [7, 11) is 0. The lowest BCUT2D eigenvalue weighted by molar-refractivity contribution is 0.0661. The van der Waals surface area contributed by atoms with E-state index in [4.69, 9.17) is 5.10 Å². The fourth-order valence-electron chi connectivity index (χ4n) is 4.15. The second-order valence-electron chi connectivity index (χ2n) is 7.64. The molecule has 2 aliphatic rings. The van der Waals surface area contributed by atoms with Crippen LogP contribution in [0.3, 0.4) is 0 Å². The number of β-amino-alcohol motifs (C(OH)–C–C–N with tert-alkyl or cyclic N) is 1. The molecular formula is C20H23N5O2S. The van der Waals surface area contributed by atoms with Crippen molar-refractivity contribution in [1.29, 1.82) is 0 Å². The van der Waals surface area contributed by atoms with Crippen LogP contribution in [0, 0.1) is 0 Å². The Morgan fingerprint density at radius 3 is 3.07 bits per heavy atom. The molecule has 1 N–H and O–H groups in total. The van der Waals surface area contributed by atoms with Gasteiger partial charge in [0.25, 0.3) is 5.91 Å². The summed E-state index contributed by atoms with van der Waals surface area (Å²) in [6, 6.07) is 7.85. The van der Waals surface area contributed by atoms with Crippen LogP contribution < -0.4 is 0 Å². The monoisotopic (exact) mass is 397 g/mol. The van der Waals surface area contributed by atoms with Gasteiger partial charge in [0, 0.05) is 25.2 Å². The number of aliphatic hydroxyl groups excluding tert-OH is 1. The van der Waals surface area contributed by atoms with Gasteiger partial charge < -0.3 is 10.0 Å². The van der Waals surface area contributed by atoms with Crippen molar-refractivity contribution in [1.82, 2.24) is 24.6 Å². The summed E-state index contributed by atoms with van der Waals surface area (Å²) >= 11 is 1.58. The van der Waals surface area contributed by atoms with Gasteiger partial charge in [-0.25, -0.2) is 4.98 Å². The van der Waals surface area contributed by atoms with Crippen LogP contribution in [0.25, 0.3) is 10.2 Å². The van der Waals surface area contributed by atoms with E-state index in [1.807, 2.05) is 27.8 Å². The molecule has 0 aliphatic carbocycles. The summed E-state index contributed by atoms with van der Waals surface area (Å²) in [5.74, 6) is 0.0445. The van der Waals surface area contributed by atoms with Crippen LogP contribution in [0.2, 0.25) is 0 Å². The molecule has 1 aromatic carbocycles. The number of carbonyl (C=O) groups excluding carboxylic acids is 1. The van der Waals surface area contributed by atoms with Crippen molar-refractivity contribution < 1.29 is 9.90 Å². The molecule has 0 spiro atoms. The van der Waals surface area contributed by atoms with Gasteiger partial charge in [0.15, 0.2) is 0 Å². The van der Waals surface area contributed by atoms with Crippen molar-refractivity contribution >= 4 is 27.5 Å². The normalized spacial score (nSPS) is 20.5. The third kappa shape index (κ3) is 3.43. The number of aromatic nitrogens is 3. The number of carbonyl (C=O) groups is 1. The SMILES string of the molecule is O=C(c1ccc2scnc2c1)N1CCn2nc(CN3CCC[C@H](O)C3)cc2C1. The number of amides is 1. The van der Waals surface area contributed by atoms with E-state index >= 15 is 0 Å². The van der Waals surface area contributed by atoms with Crippen molar-refractivity contribution in [3.8, 4) is 0 Å². The second kappa shape index (κ2) is 7.27. The first-order valence-electron chi connectivity index (χ1n) is 9.74. The van der Waals surface area contributed by atoms with E-state index in [-0.39, 0.29) is 12.0 Å². The minimum absolute atomic E-state index is 0.0445. The van der Waals surface area contributed by atoms with Gasteiger partial charge in [-0.05, 0) is 43.7 Å². The maximum atomic E-state index is 13.0. The number of aliphatic hydroxyl groups is 1. The first kappa shape index (κ1) is 17.8. The van der Waals surface area contributed by atoms with Crippen molar-refractivity contribution in [2.45, 2.75) is 38.6 Å². The molecule has 0 bridgehead atoms. The Hall–Kier alpha value is -2.29. The Labute approximate surface area is 167 Å². The Bertz CT molecular complexity index is 1010.